The zero-order chi connectivity index (χ0) is 21.9. The lowest BCUT2D eigenvalue weighted by atomic mass is 9.54. The Kier molecular flexibility index (Phi) is 4.84. The first-order valence-corrected chi connectivity index (χ1v) is 9.78. The Balaban J connectivity index is 2.29. The minimum absolute atomic E-state index is 0.0919. The largest absolute Gasteiger partial charge is 0.507 e. The number of allylic oxidation sites excluding steroid dienone is 2. The van der Waals surface area contributed by atoms with Gasteiger partial charge in [0.2, 0.25) is 5.78 Å². The van der Waals surface area contributed by atoms with E-state index >= 15 is 0 Å². The summed E-state index contributed by atoms with van der Waals surface area (Å²) in [7, 11) is 0. The fraction of sp³-hybridized carbons (Fsp3) is 0.545. The summed E-state index contributed by atoms with van der Waals surface area (Å²) in [5, 5.41) is 43.4. The summed E-state index contributed by atoms with van der Waals surface area (Å²) in [6.07, 6.45) is 2.10. The number of ketones is 1. The van der Waals surface area contributed by atoms with Crippen molar-refractivity contribution in [1.29, 1.82) is 0 Å². The van der Waals surface area contributed by atoms with Gasteiger partial charge in [0, 0.05) is 29.4 Å². The molecule has 4 N–H and O–H groups in total. The molecular weight excluding hydrogens is 376 g/mol. The molecule has 1 aromatic carbocycles. The standard InChI is InChI=1S/C22H28O7/c1-10(9-29-11(2)23)12-15(24)13-14(18(27)16(12)25)22(5)8-6-7-21(3,4)20(22)19(28)17(13)26/h10,24-25,27-28H,6-9H2,1-5H3/t10-,22+/m0/s1. The number of hydrogen-bond donors (Lipinski definition) is 4. The van der Waals surface area contributed by atoms with Crippen LogP contribution in [0.25, 0.3) is 0 Å². The molecule has 158 valence electrons. The average molecular weight is 404 g/mol. The van der Waals surface area contributed by atoms with Gasteiger partial charge in [-0.25, -0.2) is 0 Å². The zero-order valence-corrected chi connectivity index (χ0v) is 17.4. The third-order valence-electron chi connectivity index (χ3n) is 6.43. The molecule has 2 aliphatic rings. The summed E-state index contributed by atoms with van der Waals surface area (Å²) in [6, 6.07) is 0. The molecule has 1 fully saturated rings. The van der Waals surface area contributed by atoms with Crippen LogP contribution in [-0.2, 0) is 14.9 Å². The van der Waals surface area contributed by atoms with Crippen molar-refractivity contribution in [2.24, 2.45) is 5.41 Å². The van der Waals surface area contributed by atoms with Crippen LogP contribution in [0.1, 0.15) is 81.3 Å². The van der Waals surface area contributed by atoms with Gasteiger partial charge in [-0.3, -0.25) is 9.59 Å². The third-order valence-corrected chi connectivity index (χ3v) is 6.43. The van der Waals surface area contributed by atoms with Crippen molar-refractivity contribution in [3.63, 3.8) is 0 Å². The second-order valence-electron chi connectivity index (χ2n) is 9.04. The van der Waals surface area contributed by atoms with Gasteiger partial charge in [-0.2, -0.15) is 0 Å². The molecule has 3 rings (SSSR count). The van der Waals surface area contributed by atoms with E-state index in [2.05, 4.69) is 0 Å². The topological polar surface area (TPSA) is 124 Å². The predicted molar refractivity (Wildman–Crippen MR) is 105 cm³/mol. The summed E-state index contributed by atoms with van der Waals surface area (Å²) in [6.45, 7) is 8.34. The molecule has 2 atom stereocenters. The van der Waals surface area contributed by atoms with Crippen LogP contribution in [0.3, 0.4) is 0 Å². The van der Waals surface area contributed by atoms with Gasteiger partial charge in [0.15, 0.2) is 17.3 Å². The van der Waals surface area contributed by atoms with Crippen molar-refractivity contribution < 1.29 is 34.8 Å². The van der Waals surface area contributed by atoms with E-state index in [0.29, 0.717) is 12.0 Å². The highest BCUT2D eigenvalue weighted by molar-refractivity contribution is 6.13. The fourth-order valence-electron chi connectivity index (χ4n) is 5.22. The number of Topliss-reactive ketones (excluding diaryl/α,β-unsaturated/α-hetero) is 1. The lowest BCUT2D eigenvalue weighted by molar-refractivity contribution is -0.141. The number of hydrogen-bond acceptors (Lipinski definition) is 7. The first-order chi connectivity index (χ1) is 13.3. The van der Waals surface area contributed by atoms with Crippen LogP contribution in [0.5, 0.6) is 17.2 Å². The van der Waals surface area contributed by atoms with Gasteiger partial charge < -0.3 is 25.2 Å². The highest BCUT2D eigenvalue weighted by atomic mass is 16.5. The Morgan fingerprint density at radius 1 is 1.07 bits per heavy atom. The summed E-state index contributed by atoms with van der Waals surface area (Å²) in [5.41, 5.74) is -1.03. The number of phenols is 3. The summed E-state index contributed by atoms with van der Waals surface area (Å²) in [5.74, 6) is -3.95. The maximum absolute atomic E-state index is 13.1. The van der Waals surface area contributed by atoms with E-state index in [4.69, 9.17) is 4.74 Å². The molecule has 0 heterocycles. The third kappa shape index (κ3) is 2.94. The molecule has 0 radical (unpaired) electrons. The number of ether oxygens (including phenoxy) is 1. The van der Waals surface area contributed by atoms with E-state index in [9.17, 15) is 30.0 Å². The van der Waals surface area contributed by atoms with Crippen molar-refractivity contribution in [1.82, 2.24) is 0 Å². The number of rotatable bonds is 3. The van der Waals surface area contributed by atoms with Crippen molar-refractivity contribution in [3.05, 3.63) is 28.0 Å². The van der Waals surface area contributed by atoms with Gasteiger partial charge in [0.25, 0.3) is 0 Å². The van der Waals surface area contributed by atoms with E-state index < -0.39 is 51.5 Å². The number of aromatic hydroxyl groups is 3. The second-order valence-corrected chi connectivity index (χ2v) is 9.04. The maximum Gasteiger partial charge on any atom is 0.302 e. The van der Waals surface area contributed by atoms with E-state index in [1.165, 1.54) is 6.92 Å². The Labute approximate surface area is 169 Å². The molecule has 0 bridgehead atoms. The number of esters is 1. The Morgan fingerprint density at radius 2 is 1.69 bits per heavy atom. The highest BCUT2D eigenvalue weighted by Crippen LogP contribution is 2.61. The van der Waals surface area contributed by atoms with Crippen LogP contribution in [0.15, 0.2) is 11.3 Å². The molecule has 0 spiro atoms. The summed E-state index contributed by atoms with van der Waals surface area (Å²) >= 11 is 0. The average Bonchev–Trinajstić information content (AvgIpc) is 2.60. The number of aliphatic hydroxyl groups excluding tert-OH is 1. The van der Waals surface area contributed by atoms with Crippen LogP contribution < -0.4 is 0 Å². The van der Waals surface area contributed by atoms with Crippen LogP contribution in [0.2, 0.25) is 0 Å². The smallest absolute Gasteiger partial charge is 0.302 e. The predicted octanol–water partition coefficient (Wildman–Crippen LogP) is 3.95. The minimum Gasteiger partial charge on any atom is -0.507 e. The fourth-order valence-corrected chi connectivity index (χ4v) is 5.22. The van der Waals surface area contributed by atoms with Crippen molar-refractivity contribution >= 4 is 11.8 Å². The van der Waals surface area contributed by atoms with Crippen molar-refractivity contribution in [3.8, 4) is 17.2 Å². The van der Waals surface area contributed by atoms with Crippen molar-refractivity contribution in [2.45, 2.75) is 65.2 Å². The van der Waals surface area contributed by atoms with E-state index in [1.807, 2.05) is 20.8 Å². The van der Waals surface area contributed by atoms with E-state index in [1.54, 1.807) is 6.92 Å². The molecule has 0 saturated heterocycles. The minimum atomic E-state index is -0.911. The summed E-state index contributed by atoms with van der Waals surface area (Å²) in [4.78, 5) is 24.2. The number of phenolic OH excluding ortho intramolecular Hbond substituents is 3. The molecule has 0 aliphatic heterocycles. The monoisotopic (exact) mass is 404 g/mol. The normalized spacial score (nSPS) is 24.0. The Bertz CT molecular complexity index is 941. The quantitative estimate of drug-likeness (QED) is 0.342. The van der Waals surface area contributed by atoms with Gasteiger partial charge in [-0.05, 0) is 23.8 Å². The van der Waals surface area contributed by atoms with E-state index in [-0.39, 0.29) is 23.3 Å². The number of carbonyl (C=O) groups is 2. The first-order valence-electron chi connectivity index (χ1n) is 9.78. The lowest BCUT2D eigenvalue weighted by Crippen LogP contribution is -2.43. The molecule has 2 aliphatic carbocycles. The van der Waals surface area contributed by atoms with Crippen molar-refractivity contribution in [2.75, 3.05) is 6.61 Å². The van der Waals surface area contributed by atoms with Gasteiger partial charge >= 0.3 is 5.97 Å². The SMILES string of the molecule is CC(=O)OC[C@H](C)c1c(O)c(O)c2c(c1O)C(=O)C(O)=C1C(C)(C)CCC[C@@]12C. The Morgan fingerprint density at radius 3 is 2.28 bits per heavy atom. The van der Waals surface area contributed by atoms with Gasteiger partial charge in [-0.15, -0.1) is 0 Å². The molecular formula is C22H28O7. The van der Waals surface area contributed by atoms with Crippen LogP contribution in [0.4, 0.5) is 0 Å². The van der Waals surface area contributed by atoms with Gasteiger partial charge in [0.1, 0.15) is 5.75 Å². The maximum atomic E-state index is 13.1. The van der Waals surface area contributed by atoms with Gasteiger partial charge in [-0.1, -0.05) is 34.1 Å². The van der Waals surface area contributed by atoms with Crippen LogP contribution >= 0.6 is 0 Å². The molecule has 7 nitrogen and oxygen atoms in total. The Hall–Kier alpha value is -2.70. The molecule has 1 saturated carbocycles. The number of carbonyl (C=O) groups excluding carboxylic acids is 2. The van der Waals surface area contributed by atoms with Gasteiger partial charge in [0.05, 0.1) is 12.2 Å². The van der Waals surface area contributed by atoms with E-state index in [0.717, 1.165) is 12.8 Å². The zero-order valence-electron chi connectivity index (χ0n) is 17.4. The highest BCUT2D eigenvalue weighted by Gasteiger charge is 2.53. The molecule has 0 amide bonds. The number of aliphatic hydroxyl groups is 1. The molecule has 0 aromatic heterocycles. The first kappa shape index (κ1) is 21.0. The lowest BCUT2D eigenvalue weighted by Gasteiger charge is -2.49. The number of fused-ring (bicyclic) bond motifs is 3. The molecule has 0 unspecified atom stereocenters. The summed E-state index contributed by atoms with van der Waals surface area (Å²) < 4.78 is 4.95. The molecule has 7 heteroatoms. The molecule has 1 aromatic rings. The molecule has 29 heavy (non-hydrogen) atoms. The van der Waals surface area contributed by atoms with Crippen LogP contribution in [0, 0.1) is 5.41 Å². The number of benzene rings is 1. The second kappa shape index (κ2) is 6.68. The van der Waals surface area contributed by atoms with Crippen LogP contribution in [-0.4, -0.2) is 38.8 Å².